The first kappa shape index (κ1) is 25.5. The number of sulfone groups is 2. The largest absolute Gasteiger partial charge is 0.476 e. The van der Waals surface area contributed by atoms with E-state index in [1.165, 1.54) is 12.6 Å². The van der Waals surface area contributed by atoms with Crippen LogP contribution in [0.1, 0.15) is 0 Å². The molecule has 2 heterocycles. The Morgan fingerprint density at radius 2 is 1.58 bits per heavy atom. The van der Waals surface area contributed by atoms with Gasteiger partial charge in [0.2, 0.25) is 15.7 Å². The summed E-state index contributed by atoms with van der Waals surface area (Å²) in [5, 5.41) is 6.87. The fourth-order valence-corrected chi connectivity index (χ4v) is 5.12. The first-order valence-corrected chi connectivity index (χ1v) is 14.6. The first-order valence-electron chi connectivity index (χ1n) is 11.0. The highest BCUT2D eigenvalue weighted by molar-refractivity contribution is 7.91. The molecule has 188 valence electrons. The van der Waals surface area contributed by atoms with Crippen LogP contribution in [0, 0.1) is 0 Å². The van der Waals surface area contributed by atoms with Crippen molar-refractivity contribution in [3.05, 3.63) is 73.2 Å². The van der Waals surface area contributed by atoms with Crippen molar-refractivity contribution < 1.29 is 21.6 Å². The molecule has 0 bridgehead atoms. The van der Waals surface area contributed by atoms with Crippen LogP contribution in [0.15, 0.2) is 83.0 Å². The van der Waals surface area contributed by atoms with E-state index < -0.39 is 19.7 Å². The third kappa shape index (κ3) is 6.53. The number of hydrogen-bond acceptors (Lipinski definition) is 10. The second-order valence-corrected chi connectivity index (χ2v) is 12.2. The molecule has 10 nitrogen and oxygen atoms in total. The first-order chi connectivity index (χ1) is 17.2. The Labute approximate surface area is 209 Å². The van der Waals surface area contributed by atoms with Gasteiger partial charge in [0.25, 0.3) is 0 Å². The number of pyridine rings is 1. The Balaban J connectivity index is 1.44. The lowest BCUT2D eigenvalue weighted by Gasteiger charge is -2.11. The quantitative estimate of drug-likeness (QED) is 0.280. The predicted molar refractivity (Wildman–Crippen MR) is 137 cm³/mol. The summed E-state index contributed by atoms with van der Waals surface area (Å²) in [6.45, 7) is 1.11. The maximum atomic E-state index is 12.8. The van der Waals surface area contributed by atoms with E-state index in [4.69, 9.17) is 4.74 Å². The molecule has 0 radical (unpaired) electrons. The van der Waals surface area contributed by atoms with Crippen molar-refractivity contribution in [3.8, 4) is 5.88 Å². The monoisotopic (exact) mass is 527 g/mol. The van der Waals surface area contributed by atoms with Crippen LogP contribution < -0.4 is 15.4 Å². The van der Waals surface area contributed by atoms with Crippen molar-refractivity contribution in [3.63, 3.8) is 0 Å². The van der Waals surface area contributed by atoms with Crippen molar-refractivity contribution in [2.45, 2.75) is 9.79 Å². The van der Waals surface area contributed by atoms with Crippen LogP contribution >= 0.6 is 0 Å². The molecule has 12 heteroatoms. The molecule has 4 aromatic rings. The number of nitrogens with zero attached hydrogens (tertiary/aromatic N) is 3. The van der Waals surface area contributed by atoms with Gasteiger partial charge < -0.3 is 15.4 Å². The number of benzene rings is 2. The molecule has 0 atom stereocenters. The van der Waals surface area contributed by atoms with Crippen molar-refractivity contribution in [2.75, 3.05) is 37.0 Å². The highest BCUT2D eigenvalue weighted by Crippen LogP contribution is 2.27. The topological polar surface area (TPSA) is 140 Å². The molecule has 0 saturated carbocycles. The highest BCUT2D eigenvalue weighted by atomic mass is 32.2. The molecule has 0 aliphatic rings. The summed E-state index contributed by atoms with van der Waals surface area (Å²) >= 11 is 0. The van der Waals surface area contributed by atoms with Gasteiger partial charge >= 0.3 is 0 Å². The molecule has 0 fully saturated rings. The molecular weight excluding hydrogens is 502 g/mol. The molecule has 0 unspecified atom stereocenters. The maximum Gasteiger partial charge on any atom is 0.214 e. The summed E-state index contributed by atoms with van der Waals surface area (Å²) in [5.74, 6) is 0.944. The van der Waals surface area contributed by atoms with Gasteiger partial charge in [-0.05, 0) is 36.4 Å². The predicted octanol–water partition coefficient (Wildman–Crippen LogP) is 2.61. The van der Waals surface area contributed by atoms with Crippen LogP contribution in [0.4, 0.5) is 11.5 Å². The van der Waals surface area contributed by atoms with Gasteiger partial charge in [0.05, 0.1) is 27.3 Å². The molecule has 0 aliphatic heterocycles. The van der Waals surface area contributed by atoms with E-state index in [1.54, 1.807) is 66.9 Å². The minimum absolute atomic E-state index is 0.0623. The van der Waals surface area contributed by atoms with Crippen LogP contribution in [0.25, 0.3) is 10.9 Å². The normalized spacial score (nSPS) is 11.9. The standard InChI is InChI=1S/C24H25N5O5S2/c1-35(30,31)14-12-25-11-13-34-23-15-21-22(16-26-23)27-17-28-24(21)29-18-7-9-20(10-8-18)36(32,33)19-5-3-2-4-6-19/h2-10,15-17,25H,11-14H2,1H3,(H,27,28,29). The summed E-state index contributed by atoms with van der Waals surface area (Å²) in [4.78, 5) is 13.2. The number of nitrogens with one attached hydrogen (secondary N) is 2. The number of fused-ring (bicyclic) bond motifs is 1. The van der Waals surface area contributed by atoms with Gasteiger partial charge in [-0.1, -0.05) is 18.2 Å². The summed E-state index contributed by atoms with van der Waals surface area (Å²) < 4.78 is 53.6. The number of aromatic nitrogens is 3. The van der Waals surface area contributed by atoms with Crippen molar-refractivity contribution in [2.24, 2.45) is 0 Å². The van der Waals surface area contributed by atoms with E-state index in [-0.39, 0.29) is 15.5 Å². The maximum absolute atomic E-state index is 12.8. The highest BCUT2D eigenvalue weighted by Gasteiger charge is 2.17. The number of hydrogen-bond donors (Lipinski definition) is 2. The molecule has 2 N–H and O–H groups in total. The van der Waals surface area contributed by atoms with Gasteiger partial charge in [-0.3, -0.25) is 0 Å². The van der Waals surface area contributed by atoms with Crippen LogP contribution in [-0.2, 0) is 19.7 Å². The third-order valence-electron chi connectivity index (χ3n) is 5.16. The molecular formula is C24H25N5O5S2. The molecule has 2 aromatic heterocycles. The van der Waals surface area contributed by atoms with Gasteiger partial charge in [-0.15, -0.1) is 0 Å². The fraction of sp³-hybridized carbons (Fsp3) is 0.208. The molecule has 36 heavy (non-hydrogen) atoms. The van der Waals surface area contributed by atoms with E-state index in [9.17, 15) is 16.8 Å². The Morgan fingerprint density at radius 3 is 2.31 bits per heavy atom. The Hall–Kier alpha value is -3.61. The second-order valence-electron chi connectivity index (χ2n) is 7.96. The zero-order valence-electron chi connectivity index (χ0n) is 19.5. The van der Waals surface area contributed by atoms with Crippen LogP contribution in [0.2, 0.25) is 0 Å². The third-order valence-corrected chi connectivity index (χ3v) is 7.89. The van der Waals surface area contributed by atoms with Crippen molar-refractivity contribution in [1.82, 2.24) is 20.3 Å². The number of anilines is 2. The average Bonchev–Trinajstić information content (AvgIpc) is 2.86. The molecule has 2 aromatic carbocycles. The Morgan fingerprint density at radius 1 is 0.861 bits per heavy atom. The van der Waals surface area contributed by atoms with E-state index in [0.29, 0.717) is 48.0 Å². The number of rotatable bonds is 11. The molecule has 0 saturated heterocycles. The summed E-state index contributed by atoms with van der Waals surface area (Å²) in [7, 11) is -6.61. The van der Waals surface area contributed by atoms with Gasteiger partial charge in [0.1, 0.15) is 28.6 Å². The second kappa shape index (κ2) is 11.0. The van der Waals surface area contributed by atoms with Crippen molar-refractivity contribution >= 4 is 42.1 Å². The van der Waals surface area contributed by atoms with E-state index in [0.717, 1.165) is 0 Å². The zero-order chi connectivity index (χ0) is 25.6. The summed E-state index contributed by atoms with van der Waals surface area (Å²) in [6.07, 6.45) is 4.18. The summed E-state index contributed by atoms with van der Waals surface area (Å²) in [5.41, 5.74) is 1.26. The lowest BCUT2D eigenvalue weighted by molar-refractivity contribution is 0.304. The lowest BCUT2D eigenvalue weighted by atomic mass is 10.2. The van der Waals surface area contributed by atoms with E-state index in [2.05, 4.69) is 25.6 Å². The lowest BCUT2D eigenvalue weighted by Crippen LogP contribution is -2.26. The van der Waals surface area contributed by atoms with Gasteiger partial charge in [-0.2, -0.15) is 0 Å². The Bertz CT molecular complexity index is 1550. The SMILES string of the molecule is CS(=O)(=O)CCNCCOc1cc2c(Nc3ccc(S(=O)(=O)c4ccccc4)cc3)ncnc2cn1. The van der Waals surface area contributed by atoms with Crippen LogP contribution in [0.3, 0.4) is 0 Å². The van der Waals surface area contributed by atoms with Gasteiger partial charge in [0, 0.05) is 36.5 Å². The molecule has 4 rings (SSSR count). The molecule has 0 amide bonds. The zero-order valence-corrected chi connectivity index (χ0v) is 21.1. The van der Waals surface area contributed by atoms with Gasteiger partial charge in [0.15, 0.2) is 0 Å². The van der Waals surface area contributed by atoms with Crippen LogP contribution in [0.5, 0.6) is 5.88 Å². The summed E-state index contributed by atoms with van der Waals surface area (Å²) in [6, 6.07) is 16.4. The minimum Gasteiger partial charge on any atom is -0.476 e. The average molecular weight is 528 g/mol. The van der Waals surface area contributed by atoms with E-state index in [1.807, 2.05) is 0 Å². The smallest absolute Gasteiger partial charge is 0.214 e. The Kier molecular flexibility index (Phi) is 7.77. The van der Waals surface area contributed by atoms with Crippen LogP contribution in [-0.4, -0.2) is 63.5 Å². The fourth-order valence-electron chi connectivity index (χ4n) is 3.32. The molecule has 0 aliphatic carbocycles. The molecule has 0 spiro atoms. The minimum atomic E-state index is -3.60. The van der Waals surface area contributed by atoms with Crippen molar-refractivity contribution in [1.29, 1.82) is 0 Å². The number of ether oxygens (including phenoxy) is 1. The van der Waals surface area contributed by atoms with Gasteiger partial charge in [-0.25, -0.2) is 31.8 Å². The van der Waals surface area contributed by atoms with E-state index >= 15 is 0 Å².